The van der Waals surface area contributed by atoms with E-state index in [4.69, 9.17) is 0 Å². The zero-order chi connectivity index (χ0) is 14.6. The molecule has 4 nitrogen and oxygen atoms in total. The standard InChI is InChI=1S/C15H24N2O2S/c1-13-5-7-14(8-6-13)12-15-4-3-10-17(15)11-9-16-20(2,18)19/h5-8,15-16H,3-4,9-12H2,1-2H3. The van der Waals surface area contributed by atoms with Crippen LogP contribution in [0.1, 0.15) is 24.0 Å². The van der Waals surface area contributed by atoms with Crippen molar-refractivity contribution < 1.29 is 8.42 Å². The molecule has 1 fully saturated rings. The Balaban J connectivity index is 1.85. The second-order valence-electron chi connectivity index (χ2n) is 5.69. The first-order chi connectivity index (χ1) is 9.44. The maximum absolute atomic E-state index is 11.1. The Kier molecular flexibility index (Phi) is 5.18. The van der Waals surface area contributed by atoms with Crippen LogP contribution >= 0.6 is 0 Å². The predicted molar refractivity (Wildman–Crippen MR) is 82.3 cm³/mol. The van der Waals surface area contributed by atoms with E-state index < -0.39 is 10.0 Å². The minimum absolute atomic E-state index is 0.503. The van der Waals surface area contributed by atoms with Crippen molar-refractivity contribution in [2.75, 3.05) is 25.9 Å². The van der Waals surface area contributed by atoms with Crippen molar-refractivity contribution >= 4 is 10.0 Å². The third-order valence-corrected chi connectivity index (χ3v) is 4.58. The third-order valence-electron chi connectivity index (χ3n) is 3.85. The number of aryl methyl sites for hydroxylation is 1. The number of sulfonamides is 1. The lowest BCUT2D eigenvalue weighted by Gasteiger charge is -2.24. The van der Waals surface area contributed by atoms with Gasteiger partial charge in [0.1, 0.15) is 0 Å². The summed E-state index contributed by atoms with van der Waals surface area (Å²) in [6.45, 7) is 4.47. The van der Waals surface area contributed by atoms with E-state index in [0.29, 0.717) is 12.6 Å². The van der Waals surface area contributed by atoms with Crippen molar-refractivity contribution in [3.05, 3.63) is 35.4 Å². The fraction of sp³-hybridized carbons (Fsp3) is 0.600. The molecule has 1 aliphatic rings. The van der Waals surface area contributed by atoms with E-state index in [2.05, 4.69) is 40.8 Å². The fourth-order valence-corrected chi connectivity index (χ4v) is 3.25. The number of benzene rings is 1. The molecule has 1 unspecified atom stereocenters. The van der Waals surface area contributed by atoms with Gasteiger partial charge in [-0.15, -0.1) is 0 Å². The fourth-order valence-electron chi connectivity index (χ4n) is 2.79. The summed E-state index contributed by atoms with van der Waals surface area (Å²) in [7, 11) is -3.07. The molecule has 0 bridgehead atoms. The Labute approximate surface area is 122 Å². The number of hydrogen-bond donors (Lipinski definition) is 1. The highest BCUT2D eigenvalue weighted by atomic mass is 32.2. The van der Waals surface area contributed by atoms with Crippen LogP contribution in [-0.2, 0) is 16.4 Å². The molecule has 1 aromatic carbocycles. The largest absolute Gasteiger partial charge is 0.299 e. The molecule has 2 rings (SSSR count). The topological polar surface area (TPSA) is 49.4 Å². The lowest BCUT2D eigenvalue weighted by molar-refractivity contribution is 0.257. The van der Waals surface area contributed by atoms with E-state index in [9.17, 15) is 8.42 Å². The quantitative estimate of drug-likeness (QED) is 0.866. The van der Waals surface area contributed by atoms with Gasteiger partial charge in [-0.3, -0.25) is 4.90 Å². The van der Waals surface area contributed by atoms with Crippen molar-refractivity contribution in [2.45, 2.75) is 32.2 Å². The van der Waals surface area contributed by atoms with E-state index >= 15 is 0 Å². The number of hydrogen-bond acceptors (Lipinski definition) is 3. The molecule has 5 heteroatoms. The molecule has 1 aliphatic heterocycles. The van der Waals surface area contributed by atoms with Crippen LogP contribution in [0.4, 0.5) is 0 Å². The van der Waals surface area contributed by atoms with Gasteiger partial charge >= 0.3 is 0 Å². The summed E-state index contributed by atoms with van der Waals surface area (Å²) < 4.78 is 24.7. The first kappa shape index (κ1) is 15.5. The molecule has 1 N–H and O–H groups in total. The van der Waals surface area contributed by atoms with Gasteiger partial charge in [0, 0.05) is 19.1 Å². The Hall–Kier alpha value is -0.910. The summed E-state index contributed by atoms with van der Waals surface area (Å²) in [4.78, 5) is 2.40. The summed E-state index contributed by atoms with van der Waals surface area (Å²) in [6, 6.07) is 9.24. The second kappa shape index (κ2) is 6.70. The molecule has 20 heavy (non-hydrogen) atoms. The molecule has 1 atom stereocenters. The smallest absolute Gasteiger partial charge is 0.208 e. The van der Waals surface area contributed by atoms with Crippen molar-refractivity contribution in [3.8, 4) is 0 Å². The summed E-state index contributed by atoms with van der Waals surface area (Å²) >= 11 is 0. The average molecular weight is 296 g/mol. The summed E-state index contributed by atoms with van der Waals surface area (Å²) in [6.07, 6.45) is 4.67. The molecule has 1 heterocycles. The van der Waals surface area contributed by atoms with Crippen LogP contribution in [0.2, 0.25) is 0 Å². The Morgan fingerprint density at radius 3 is 2.65 bits per heavy atom. The lowest BCUT2D eigenvalue weighted by Crippen LogP contribution is -2.38. The SMILES string of the molecule is Cc1ccc(CC2CCCN2CCNS(C)(=O)=O)cc1. The molecular formula is C15H24N2O2S. The maximum atomic E-state index is 11.1. The van der Waals surface area contributed by atoms with Gasteiger partial charge < -0.3 is 0 Å². The Bertz CT molecular complexity index is 525. The van der Waals surface area contributed by atoms with Crippen LogP contribution in [0, 0.1) is 6.92 Å². The zero-order valence-corrected chi connectivity index (χ0v) is 13.1. The van der Waals surface area contributed by atoms with E-state index in [1.54, 1.807) is 0 Å². The molecule has 0 aromatic heterocycles. The Morgan fingerprint density at radius 2 is 2.00 bits per heavy atom. The van der Waals surface area contributed by atoms with Crippen LogP contribution in [-0.4, -0.2) is 45.2 Å². The average Bonchev–Trinajstić information content (AvgIpc) is 2.78. The molecule has 0 spiro atoms. The van der Waals surface area contributed by atoms with Gasteiger partial charge in [-0.05, 0) is 38.3 Å². The van der Waals surface area contributed by atoms with Gasteiger partial charge in [0.15, 0.2) is 0 Å². The van der Waals surface area contributed by atoms with Gasteiger partial charge in [-0.1, -0.05) is 29.8 Å². The van der Waals surface area contributed by atoms with Crippen LogP contribution < -0.4 is 4.72 Å². The normalized spacial score (nSPS) is 20.4. The molecule has 112 valence electrons. The lowest BCUT2D eigenvalue weighted by atomic mass is 10.0. The molecule has 1 saturated heterocycles. The molecule has 1 aromatic rings. The predicted octanol–water partition coefficient (Wildman–Crippen LogP) is 1.55. The van der Waals surface area contributed by atoms with Gasteiger partial charge in [-0.2, -0.15) is 0 Å². The maximum Gasteiger partial charge on any atom is 0.208 e. The van der Waals surface area contributed by atoms with E-state index in [-0.39, 0.29) is 0 Å². The molecule has 0 saturated carbocycles. The molecule has 0 amide bonds. The van der Waals surface area contributed by atoms with E-state index in [0.717, 1.165) is 19.5 Å². The van der Waals surface area contributed by atoms with Gasteiger partial charge in [0.05, 0.1) is 6.26 Å². The van der Waals surface area contributed by atoms with Gasteiger partial charge in [-0.25, -0.2) is 13.1 Å². The highest BCUT2D eigenvalue weighted by molar-refractivity contribution is 7.88. The number of nitrogens with one attached hydrogen (secondary N) is 1. The summed E-state index contributed by atoms with van der Waals surface area (Å²) in [5.41, 5.74) is 2.65. The third kappa shape index (κ3) is 4.89. The number of nitrogens with zero attached hydrogens (tertiary/aromatic N) is 1. The first-order valence-electron chi connectivity index (χ1n) is 7.18. The number of likely N-dealkylation sites (tertiary alicyclic amines) is 1. The first-order valence-corrected chi connectivity index (χ1v) is 9.07. The van der Waals surface area contributed by atoms with Crippen LogP contribution in [0.15, 0.2) is 24.3 Å². The molecule has 0 radical (unpaired) electrons. The second-order valence-corrected chi connectivity index (χ2v) is 7.52. The summed E-state index contributed by atoms with van der Waals surface area (Å²) in [5.74, 6) is 0. The molecule has 0 aliphatic carbocycles. The highest BCUT2D eigenvalue weighted by Gasteiger charge is 2.24. The van der Waals surface area contributed by atoms with Crippen molar-refractivity contribution in [3.63, 3.8) is 0 Å². The minimum Gasteiger partial charge on any atom is -0.299 e. The van der Waals surface area contributed by atoms with Gasteiger partial charge in [0.2, 0.25) is 10.0 Å². The number of rotatable bonds is 6. The van der Waals surface area contributed by atoms with Crippen molar-refractivity contribution in [1.82, 2.24) is 9.62 Å². The monoisotopic (exact) mass is 296 g/mol. The Morgan fingerprint density at radius 1 is 1.30 bits per heavy atom. The van der Waals surface area contributed by atoms with Crippen molar-refractivity contribution in [2.24, 2.45) is 0 Å². The summed E-state index contributed by atoms with van der Waals surface area (Å²) in [5, 5.41) is 0. The zero-order valence-electron chi connectivity index (χ0n) is 12.3. The van der Waals surface area contributed by atoms with Crippen molar-refractivity contribution in [1.29, 1.82) is 0 Å². The highest BCUT2D eigenvalue weighted by Crippen LogP contribution is 2.20. The van der Waals surface area contributed by atoms with Gasteiger partial charge in [0.25, 0.3) is 0 Å². The minimum atomic E-state index is -3.07. The van der Waals surface area contributed by atoms with Crippen LogP contribution in [0.5, 0.6) is 0 Å². The molecular weight excluding hydrogens is 272 g/mol. The van der Waals surface area contributed by atoms with E-state index in [1.807, 2.05) is 0 Å². The van der Waals surface area contributed by atoms with Crippen LogP contribution in [0.3, 0.4) is 0 Å². The van der Waals surface area contributed by atoms with Crippen LogP contribution in [0.25, 0.3) is 0 Å². The van der Waals surface area contributed by atoms with E-state index in [1.165, 1.54) is 30.2 Å².